The molecule has 2 amide bonds. The number of aliphatic hydroxyl groups is 1. The lowest BCUT2D eigenvalue weighted by Crippen LogP contribution is -2.61. The van der Waals surface area contributed by atoms with Gasteiger partial charge in [-0.2, -0.15) is 26.3 Å². The standard InChI is InChI=1S/C22H20F7N3O4/c1-5-20(9-33,22(27,28)29)31-19(36)17(34)15-10(2)16(32(4)11(15)3)18(35)30-12-6-7-14(23)13(8-12)21(24,25)26/h5-8,33H,1,9H2,2-4H3,(H,30,35)(H,31,36)/t20-/m0/s1. The zero-order valence-electron chi connectivity index (χ0n) is 19.0. The number of carbonyl (C=O) groups excluding carboxylic acids is 3. The number of carbonyl (C=O) groups is 3. The first-order valence-corrected chi connectivity index (χ1v) is 9.93. The van der Waals surface area contributed by atoms with Crippen LogP contribution >= 0.6 is 0 Å². The number of anilines is 1. The Labute approximate surface area is 199 Å². The Balaban J connectivity index is 2.43. The minimum absolute atomic E-state index is 0.0203. The highest BCUT2D eigenvalue weighted by Crippen LogP contribution is 2.34. The SMILES string of the molecule is C=C[C@@](CO)(NC(=O)C(=O)c1c(C)c(C(=O)Nc2ccc(F)c(C(F)(F)F)c2)n(C)c1C)C(F)(F)F. The number of halogens is 7. The van der Waals surface area contributed by atoms with Crippen LogP contribution in [0.1, 0.15) is 37.7 Å². The first kappa shape index (κ1) is 28.6. The number of hydrogen-bond donors (Lipinski definition) is 3. The Morgan fingerprint density at radius 3 is 2.17 bits per heavy atom. The normalized spacial score (nSPS) is 13.6. The third-order valence-electron chi connectivity index (χ3n) is 5.55. The molecule has 2 aromatic rings. The molecule has 0 aliphatic heterocycles. The molecule has 0 aliphatic carbocycles. The van der Waals surface area contributed by atoms with Gasteiger partial charge in [0.05, 0.1) is 17.7 Å². The fourth-order valence-corrected chi connectivity index (χ4v) is 3.45. The molecule has 0 radical (unpaired) electrons. The van der Waals surface area contributed by atoms with Crippen molar-refractivity contribution in [2.45, 2.75) is 31.7 Å². The van der Waals surface area contributed by atoms with Gasteiger partial charge in [0.2, 0.25) is 0 Å². The van der Waals surface area contributed by atoms with E-state index in [1.807, 2.05) is 0 Å². The van der Waals surface area contributed by atoms with Crippen molar-refractivity contribution in [3.05, 3.63) is 64.7 Å². The van der Waals surface area contributed by atoms with Gasteiger partial charge < -0.3 is 20.3 Å². The summed E-state index contributed by atoms with van der Waals surface area (Å²) in [5.74, 6) is -5.82. The van der Waals surface area contributed by atoms with E-state index in [4.69, 9.17) is 0 Å². The van der Waals surface area contributed by atoms with Crippen LogP contribution in [0.3, 0.4) is 0 Å². The second-order valence-corrected chi connectivity index (χ2v) is 7.75. The third-order valence-corrected chi connectivity index (χ3v) is 5.55. The summed E-state index contributed by atoms with van der Waals surface area (Å²) >= 11 is 0. The Morgan fingerprint density at radius 2 is 1.69 bits per heavy atom. The molecule has 1 atom stereocenters. The van der Waals surface area contributed by atoms with Crippen molar-refractivity contribution in [3.63, 3.8) is 0 Å². The van der Waals surface area contributed by atoms with Crippen LogP contribution in [0.2, 0.25) is 0 Å². The molecule has 0 unspecified atom stereocenters. The lowest BCUT2D eigenvalue weighted by Gasteiger charge is -2.31. The molecular weight excluding hydrogens is 503 g/mol. The lowest BCUT2D eigenvalue weighted by atomic mass is 9.98. The van der Waals surface area contributed by atoms with E-state index in [-0.39, 0.29) is 23.0 Å². The van der Waals surface area contributed by atoms with Gasteiger partial charge in [-0.15, -0.1) is 6.58 Å². The molecule has 2 rings (SSSR count). The zero-order valence-corrected chi connectivity index (χ0v) is 19.0. The predicted octanol–water partition coefficient (Wildman–Crippen LogP) is 3.83. The van der Waals surface area contributed by atoms with Gasteiger partial charge in [0, 0.05) is 18.4 Å². The minimum atomic E-state index is -5.20. The van der Waals surface area contributed by atoms with Crippen LogP contribution in [0.4, 0.5) is 36.4 Å². The van der Waals surface area contributed by atoms with Crippen LogP contribution in [0.5, 0.6) is 0 Å². The topological polar surface area (TPSA) is 100 Å². The molecule has 1 aromatic carbocycles. The molecule has 1 aromatic heterocycles. The smallest absolute Gasteiger partial charge is 0.393 e. The number of ketones is 1. The highest BCUT2D eigenvalue weighted by atomic mass is 19.4. The first-order chi connectivity index (χ1) is 16.4. The second-order valence-electron chi connectivity index (χ2n) is 7.75. The highest BCUT2D eigenvalue weighted by Gasteiger charge is 2.54. The third kappa shape index (κ3) is 5.12. The summed E-state index contributed by atoms with van der Waals surface area (Å²) in [6.07, 6.45) is -10.0. The van der Waals surface area contributed by atoms with Gasteiger partial charge in [0.25, 0.3) is 17.6 Å². The predicted molar refractivity (Wildman–Crippen MR) is 113 cm³/mol. The van der Waals surface area contributed by atoms with Crippen LogP contribution < -0.4 is 10.6 Å². The summed E-state index contributed by atoms with van der Waals surface area (Å²) in [5, 5.41) is 12.7. The molecular formula is C22H20F7N3O4. The Kier molecular flexibility index (Phi) is 7.74. The minimum Gasteiger partial charge on any atom is -0.393 e. The summed E-state index contributed by atoms with van der Waals surface area (Å²) in [7, 11) is 1.27. The van der Waals surface area contributed by atoms with Gasteiger partial charge in [0.1, 0.15) is 11.5 Å². The summed E-state index contributed by atoms with van der Waals surface area (Å²) in [5.41, 5.74) is -6.29. The van der Waals surface area contributed by atoms with Crippen molar-refractivity contribution < 1.29 is 50.2 Å². The molecule has 7 nitrogen and oxygen atoms in total. The number of aromatic nitrogens is 1. The van der Waals surface area contributed by atoms with Gasteiger partial charge in [-0.25, -0.2) is 4.39 Å². The molecule has 14 heteroatoms. The second kappa shape index (κ2) is 9.76. The van der Waals surface area contributed by atoms with E-state index in [1.54, 1.807) is 0 Å². The number of Topliss-reactive ketones (excluding diaryl/α,β-unsaturated/α-hetero) is 1. The maximum atomic E-state index is 13.5. The average Bonchev–Trinajstić information content (AvgIpc) is 2.99. The van der Waals surface area contributed by atoms with Crippen molar-refractivity contribution in [3.8, 4) is 0 Å². The van der Waals surface area contributed by atoms with Gasteiger partial charge in [0.15, 0.2) is 5.54 Å². The summed E-state index contributed by atoms with van der Waals surface area (Å²) in [6, 6.07) is 1.72. The molecule has 0 aliphatic rings. The van der Waals surface area contributed by atoms with Crippen LogP contribution in [0, 0.1) is 19.7 Å². The fraction of sp³-hybridized carbons (Fsp3) is 0.318. The van der Waals surface area contributed by atoms with Gasteiger partial charge >= 0.3 is 12.4 Å². The van der Waals surface area contributed by atoms with E-state index in [9.17, 15) is 50.2 Å². The molecule has 36 heavy (non-hydrogen) atoms. The van der Waals surface area contributed by atoms with Crippen LogP contribution in [0.15, 0.2) is 30.9 Å². The Hall–Kier alpha value is -3.68. The van der Waals surface area contributed by atoms with Crippen molar-refractivity contribution in [2.24, 2.45) is 7.05 Å². The molecule has 0 saturated heterocycles. The molecule has 0 saturated carbocycles. The molecule has 1 heterocycles. The fourth-order valence-electron chi connectivity index (χ4n) is 3.45. The van der Waals surface area contributed by atoms with Gasteiger partial charge in [-0.1, -0.05) is 6.08 Å². The van der Waals surface area contributed by atoms with Gasteiger partial charge in [-0.3, -0.25) is 14.4 Å². The summed E-state index contributed by atoms with van der Waals surface area (Å²) < 4.78 is 93.6. The number of hydrogen-bond acceptors (Lipinski definition) is 4. The summed E-state index contributed by atoms with van der Waals surface area (Å²) in [4.78, 5) is 38.0. The largest absolute Gasteiger partial charge is 0.419 e. The Morgan fingerprint density at radius 1 is 1.11 bits per heavy atom. The molecule has 0 fully saturated rings. The monoisotopic (exact) mass is 523 g/mol. The number of benzene rings is 1. The van der Waals surface area contributed by atoms with Crippen molar-refractivity contribution in [1.29, 1.82) is 0 Å². The van der Waals surface area contributed by atoms with Crippen LogP contribution in [-0.4, -0.2) is 45.6 Å². The van der Waals surface area contributed by atoms with E-state index < -0.39 is 64.7 Å². The van der Waals surface area contributed by atoms with Crippen LogP contribution in [0.25, 0.3) is 0 Å². The number of rotatable bonds is 7. The van der Waals surface area contributed by atoms with E-state index in [1.165, 1.54) is 26.2 Å². The zero-order chi connectivity index (χ0) is 27.8. The maximum absolute atomic E-state index is 13.5. The first-order valence-electron chi connectivity index (χ1n) is 9.93. The highest BCUT2D eigenvalue weighted by molar-refractivity contribution is 6.44. The van der Waals surface area contributed by atoms with E-state index in [2.05, 4.69) is 11.9 Å². The van der Waals surface area contributed by atoms with E-state index in [0.717, 1.165) is 10.6 Å². The van der Waals surface area contributed by atoms with E-state index >= 15 is 0 Å². The Bertz CT molecular complexity index is 1230. The average molecular weight is 523 g/mol. The lowest BCUT2D eigenvalue weighted by molar-refractivity contribution is -0.192. The quantitative estimate of drug-likeness (QED) is 0.222. The maximum Gasteiger partial charge on any atom is 0.419 e. The van der Waals surface area contributed by atoms with E-state index in [0.29, 0.717) is 12.1 Å². The van der Waals surface area contributed by atoms with Crippen molar-refractivity contribution in [1.82, 2.24) is 9.88 Å². The number of nitrogens with one attached hydrogen (secondary N) is 2. The summed E-state index contributed by atoms with van der Waals surface area (Å²) in [6.45, 7) is 3.78. The molecule has 0 spiro atoms. The number of amides is 2. The van der Waals surface area contributed by atoms with Gasteiger partial charge in [-0.05, 0) is 37.6 Å². The molecule has 0 bridgehead atoms. The molecule has 3 N–H and O–H groups in total. The number of aliphatic hydroxyl groups excluding tert-OH is 1. The van der Waals surface area contributed by atoms with Crippen LogP contribution in [-0.2, 0) is 18.0 Å². The van der Waals surface area contributed by atoms with Crippen molar-refractivity contribution >= 4 is 23.3 Å². The molecule has 196 valence electrons. The number of alkyl halides is 6. The van der Waals surface area contributed by atoms with Crippen molar-refractivity contribution in [2.75, 3.05) is 11.9 Å². The number of nitrogens with zero attached hydrogens (tertiary/aromatic N) is 1.